The predicted octanol–water partition coefficient (Wildman–Crippen LogP) is 3.27. The Balaban J connectivity index is 1.61. The molecular formula is C19H20F2N2O4. The van der Waals surface area contributed by atoms with Crippen molar-refractivity contribution < 1.29 is 27.9 Å². The monoisotopic (exact) mass is 378 g/mol. The molecular weight excluding hydrogens is 358 g/mol. The first kappa shape index (κ1) is 19.0. The van der Waals surface area contributed by atoms with E-state index in [-0.39, 0.29) is 42.5 Å². The summed E-state index contributed by atoms with van der Waals surface area (Å²) < 4.78 is 32.3. The molecule has 1 unspecified atom stereocenters. The number of carboxylic acids is 1. The number of carbonyl (C=O) groups is 2. The van der Waals surface area contributed by atoms with E-state index in [1.165, 1.54) is 12.3 Å². The van der Waals surface area contributed by atoms with Crippen molar-refractivity contribution in [3.05, 3.63) is 41.9 Å². The number of oxazole rings is 1. The summed E-state index contributed by atoms with van der Waals surface area (Å²) >= 11 is 0. The first-order valence-electron chi connectivity index (χ1n) is 8.70. The van der Waals surface area contributed by atoms with Gasteiger partial charge in [0, 0.05) is 32.0 Å². The molecule has 1 aromatic heterocycles. The number of amides is 1. The molecule has 0 saturated carbocycles. The molecule has 1 aliphatic rings. The van der Waals surface area contributed by atoms with Gasteiger partial charge in [0.25, 0.3) is 0 Å². The molecule has 1 amide bonds. The molecule has 0 aliphatic carbocycles. The second kappa shape index (κ2) is 7.46. The fourth-order valence-electron chi connectivity index (χ4n) is 3.24. The van der Waals surface area contributed by atoms with Gasteiger partial charge in [-0.1, -0.05) is 0 Å². The highest BCUT2D eigenvalue weighted by atomic mass is 19.1. The van der Waals surface area contributed by atoms with Crippen molar-refractivity contribution in [2.75, 3.05) is 13.1 Å². The number of aryl methyl sites for hydroxylation is 1. The van der Waals surface area contributed by atoms with E-state index in [1.807, 2.05) is 0 Å². The van der Waals surface area contributed by atoms with Gasteiger partial charge in [-0.3, -0.25) is 9.59 Å². The summed E-state index contributed by atoms with van der Waals surface area (Å²) in [6.45, 7) is 2.35. The Bertz CT molecular complexity index is 867. The number of carboxylic acid groups (broad SMARTS) is 1. The number of benzene rings is 1. The molecule has 0 radical (unpaired) electrons. The highest BCUT2D eigenvalue weighted by Crippen LogP contribution is 2.30. The number of hydrogen-bond acceptors (Lipinski definition) is 4. The molecule has 144 valence electrons. The van der Waals surface area contributed by atoms with Crippen LogP contribution in [0.3, 0.4) is 0 Å². The number of halogens is 2. The number of carbonyl (C=O) groups excluding carboxylic acids is 1. The topological polar surface area (TPSA) is 83.6 Å². The Labute approximate surface area is 154 Å². The molecule has 0 spiro atoms. The number of nitrogens with zero attached hydrogens (tertiary/aromatic N) is 2. The van der Waals surface area contributed by atoms with Crippen LogP contribution in [-0.2, 0) is 16.0 Å². The molecule has 1 aromatic carbocycles. The molecule has 8 heteroatoms. The van der Waals surface area contributed by atoms with Gasteiger partial charge in [-0.25, -0.2) is 13.8 Å². The average Bonchev–Trinajstić information content (AvgIpc) is 3.08. The minimum Gasteiger partial charge on any atom is -0.481 e. The van der Waals surface area contributed by atoms with E-state index in [2.05, 4.69) is 4.98 Å². The molecule has 6 nitrogen and oxygen atoms in total. The van der Waals surface area contributed by atoms with Crippen LogP contribution in [0.5, 0.6) is 0 Å². The van der Waals surface area contributed by atoms with Gasteiger partial charge >= 0.3 is 5.97 Å². The Hall–Kier alpha value is -2.77. The van der Waals surface area contributed by atoms with Crippen molar-refractivity contribution >= 4 is 11.9 Å². The van der Waals surface area contributed by atoms with Gasteiger partial charge in [0.1, 0.15) is 11.6 Å². The molecule has 0 bridgehead atoms. The lowest BCUT2D eigenvalue weighted by Gasteiger charge is -2.37. The van der Waals surface area contributed by atoms with E-state index in [9.17, 15) is 23.5 Å². The first-order valence-corrected chi connectivity index (χ1v) is 8.70. The van der Waals surface area contributed by atoms with Crippen LogP contribution in [0.15, 0.2) is 28.8 Å². The first-order chi connectivity index (χ1) is 12.8. The zero-order chi connectivity index (χ0) is 19.6. The lowest BCUT2D eigenvalue weighted by molar-refractivity contribution is -0.153. The predicted molar refractivity (Wildman–Crippen MR) is 91.7 cm³/mol. The number of piperidine rings is 1. The van der Waals surface area contributed by atoms with Crippen molar-refractivity contribution in [2.24, 2.45) is 5.41 Å². The zero-order valence-electron chi connectivity index (χ0n) is 14.9. The third-order valence-electron chi connectivity index (χ3n) is 4.87. The summed E-state index contributed by atoms with van der Waals surface area (Å²) in [6, 6.07) is 3.15. The third-order valence-corrected chi connectivity index (χ3v) is 4.87. The molecule has 2 aromatic rings. The largest absolute Gasteiger partial charge is 0.481 e. The fourth-order valence-corrected chi connectivity index (χ4v) is 3.24. The molecule has 1 N–H and O–H groups in total. The summed E-state index contributed by atoms with van der Waals surface area (Å²) in [5, 5.41) is 9.34. The van der Waals surface area contributed by atoms with E-state index < -0.39 is 23.0 Å². The van der Waals surface area contributed by atoms with Crippen LogP contribution in [0.4, 0.5) is 8.78 Å². The van der Waals surface area contributed by atoms with E-state index in [0.717, 1.165) is 12.1 Å². The van der Waals surface area contributed by atoms with Gasteiger partial charge in [-0.15, -0.1) is 0 Å². The number of rotatable bonds is 5. The standard InChI is InChI=1S/C19H20F2N2O4/c1-19(18(25)26)7-2-8-23(11-19)17(24)6-5-16-22-10-15(27-16)13-4-3-12(20)9-14(13)21/h3-4,9-10H,2,5-8,11H2,1H3,(H,25,26). The Morgan fingerprint density at radius 3 is 2.85 bits per heavy atom. The molecule has 1 atom stereocenters. The summed E-state index contributed by atoms with van der Waals surface area (Å²) in [5.74, 6) is -2.09. The molecule has 27 heavy (non-hydrogen) atoms. The highest BCUT2D eigenvalue weighted by molar-refractivity contribution is 5.79. The number of likely N-dealkylation sites (tertiary alicyclic amines) is 1. The lowest BCUT2D eigenvalue weighted by atomic mass is 9.82. The minimum atomic E-state index is -0.926. The van der Waals surface area contributed by atoms with Crippen molar-refractivity contribution in [1.29, 1.82) is 0 Å². The van der Waals surface area contributed by atoms with Crippen molar-refractivity contribution in [1.82, 2.24) is 9.88 Å². The lowest BCUT2D eigenvalue weighted by Crippen LogP contribution is -2.48. The third kappa shape index (κ3) is 4.15. The summed E-state index contributed by atoms with van der Waals surface area (Å²) in [6.07, 6.45) is 2.84. The second-order valence-corrected chi connectivity index (χ2v) is 7.03. The molecule has 2 heterocycles. The SMILES string of the molecule is CC1(C(=O)O)CCCN(C(=O)CCc2ncc(-c3ccc(F)cc3F)o2)C1. The number of hydrogen-bond donors (Lipinski definition) is 1. The Kier molecular flexibility index (Phi) is 5.25. The zero-order valence-corrected chi connectivity index (χ0v) is 14.9. The van der Waals surface area contributed by atoms with Crippen molar-refractivity contribution in [2.45, 2.75) is 32.6 Å². The molecule has 3 rings (SSSR count). The van der Waals surface area contributed by atoms with Crippen LogP contribution in [0.1, 0.15) is 32.1 Å². The van der Waals surface area contributed by atoms with Gasteiger partial charge in [-0.2, -0.15) is 0 Å². The van der Waals surface area contributed by atoms with Gasteiger partial charge in [-0.05, 0) is 31.9 Å². The van der Waals surface area contributed by atoms with Crippen LogP contribution in [0.25, 0.3) is 11.3 Å². The minimum absolute atomic E-state index is 0.0923. The highest BCUT2D eigenvalue weighted by Gasteiger charge is 2.39. The van der Waals surface area contributed by atoms with Gasteiger partial charge in [0.05, 0.1) is 17.2 Å². The molecule has 1 fully saturated rings. The second-order valence-electron chi connectivity index (χ2n) is 7.03. The normalized spacial score (nSPS) is 19.9. The Morgan fingerprint density at radius 2 is 2.15 bits per heavy atom. The maximum Gasteiger partial charge on any atom is 0.311 e. The van der Waals surface area contributed by atoms with Crippen LogP contribution in [0, 0.1) is 17.0 Å². The van der Waals surface area contributed by atoms with E-state index in [1.54, 1.807) is 11.8 Å². The summed E-state index contributed by atoms with van der Waals surface area (Å²) in [7, 11) is 0. The number of aliphatic carboxylic acids is 1. The maximum absolute atomic E-state index is 13.8. The van der Waals surface area contributed by atoms with E-state index in [4.69, 9.17) is 4.42 Å². The number of aromatic nitrogens is 1. The van der Waals surface area contributed by atoms with Gasteiger partial charge in [0.2, 0.25) is 5.91 Å². The van der Waals surface area contributed by atoms with Crippen LogP contribution >= 0.6 is 0 Å². The van der Waals surface area contributed by atoms with Crippen LogP contribution in [0.2, 0.25) is 0 Å². The van der Waals surface area contributed by atoms with Crippen molar-refractivity contribution in [3.63, 3.8) is 0 Å². The van der Waals surface area contributed by atoms with Crippen molar-refractivity contribution in [3.8, 4) is 11.3 Å². The summed E-state index contributed by atoms with van der Waals surface area (Å²) in [4.78, 5) is 29.4. The Morgan fingerprint density at radius 1 is 1.37 bits per heavy atom. The molecule has 1 saturated heterocycles. The average molecular weight is 378 g/mol. The van der Waals surface area contributed by atoms with E-state index in [0.29, 0.717) is 19.4 Å². The van der Waals surface area contributed by atoms with E-state index >= 15 is 0 Å². The van der Waals surface area contributed by atoms with Gasteiger partial charge < -0.3 is 14.4 Å². The van der Waals surface area contributed by atoms with Gasteiger partial charge in [0.15, 0.2) is 11.7 Å². The van der Waals surface area contributed by atoms with Crippen LogP contribution in [-0.4, -0.2) is 40.0 Å². The van der Waals surface area contributed by atoms with Crippen LogP contribution < -0.4 is 0 Å². The summed E-state index contributed by atoms with van der Waals surface area (Å²) in [5.41, 5.74) is -0.834. The smallest absolute Gasteiger partial charge is 0.311 e. The maximum atomic E-state index is 13.8. The molecule has 1 aliphatic heterocycles. The quantitative estimate of drug-likeness (QED) is 0.863. The fraction of sp³-hybridized carbons (Fsp3) is 0.421.